The number of ether oxygens (including phenoxy) is 3. The van der Waals surface area contributed by atoms with E-state index in [0.717, 1.165) is 37.8 Å². The number of rotatable bonds is 17. The second-order valence-electron chi connectivity index (χ2n) is 8.15. The van der Waals surface area contributed by atoms with Crippen molar-refractivity contribution in [2.75, 3.05) is 32.9 Å². The number of carbonyl (C=O) groups is 1. The summed E-state index contributed by atoms with van der Waals surface area (Å²) in [5.74, 6) is -0.145. The maximum Gasteiger partial charge on any atom is 0.308 e. The first kappa shape index (κ1) is 29.5. The summed E-state index contributed by atoms with van der Waals surface area (Å²) in [5, 5.41) is 24.4. The van der Waals surface area contributed by atoms with Crippen LogP contribution in [0.5, 0.6) is 5.75 Å². The molecule has 9 heteroatoms. The average Bonchev–Trinajstić information content (AvgIpc) is 2.83. The van der Waals surface area contributed by atoms with Crippen LogP contribution >= 0.6 is 23.2 Å². The summed E-state index contributed by atoms with van der Waals surface area (Å²) >= 11 is 12.1. The Labute approximate surface area is 217 Å². The van der Waals surface area contributed by atoms with E-state index in [1.807, 2.05) is 0 Å². The van der Waals surface area contributed by atoms with Crippen molar-refractivity contribution in [3.05, 3.63) is 63.1 Å². The van der Waals surface area contributed by atoms with Gasteiger partial charge in [-0.2, -0.15) is 0 Å². The number of aliphatic hydroxyl groups is 2. The number of unbranched alkanes of at least 4 members (excludes halogenated alkanes) is 3. The molecule has 0 aliphatic rings. The summed E-state index contributed by atoms with van der Waals surface area (Å²) in [5.41, 5.74) is 2.00. The molecule has 0 aromatic heterocycles. The summed E-state index contributed by atoms with van der Waals surface area (Å²) in [4.78, 5) is 11.1. The Hall–Kier alpha value is -1.71. The van der Waals surface area contributed by atoms with E-state index < -0.39 is 12.1 Å². The number of hydrogen-bond acceptors (Lipinski definition) is 7. The Balaban J connectivity index is 1.46. The van der Waals surface area contributed by atoms with Crippen LogP contribution in [0.1, 0.15) is 55.4 Å². The second-order valence-corrected chi connectivity index (χ2v) is 9.00. The number of esters is 1. The molecule has 0 amide bonds. The van der Waals surface area contributed by atoms with Crippen molar-refractivity contribution in [1.29, 1.82) is 0 Å². The quantitative estimate of drug-likeness (QED) is 0.154. The fraction of sp³-hybridized carbons (Fsp3) is 0.500. The molecule has 0 aliphatic heterocycles. The minimum atomic E-state index is -0.711. The van der Waals surface area contributed by atoms with Crippen molar-refractivity contribution in [2.24, 2.45) is 0 Å². The highest BCUT2D eigenvalue weighted by atomic mass is 35.5. The van der Waals surface area contributed by atoms with Gasteiger partial charge in [-0.3, -0.25) is 4.79 Å². The fourth-order valence-corrected chi connectivity index (χ4v) is 3.77. The third-order valence-electron chi connectivity index (χ3n) is 5.26. The first-order chi connectivity index (χ1) is 16.9. The molecule has 0 saturated heterocycles. The van der Waals surface area contributed by atoms with Gasteiger partial charge < -0.3 is 29.7 Å². The Morgan fingerprint density at radius 1 is 0.971 bits per heavy atom. The molecular weight excluding hydrogens is 493 g/mol. The third kappa shape index (κ3) is 11.7. The second kappa shape index (κ2) is 16.9. The van der Waals surface area contributed by atoms with Gasteiger partial charge in [0.05, 0.1) is 32.5 Å². The smallest absolute Gasteiger partial charge is 0.308 e. The highest BCUT2D eigenvalue weighted by Crippen LogP contribution is 2.24. The van der Waals surface area contributed by atoms with Crippen molar-refractivity contribution in [2.45, 2.75) is 51.9 Å². The number of nitrogens with one attached hydrogen (secondary N) is 1. The monoisotopic (exact) mass is 527 g/mol. The zero-order chi connectivity index (χ0) is 25.5. The lowest BCUT2D eigenvalue weighted by atomic mass is 10.1. The van der Waals surface area contributed by atoms with Crippen LogP contribution in [0.25, 0.3) is 0 Å². The van der Waals surface area contributed by atoms with Crippen LogP contribution in [0.15, 0.2) is 36.4 Å². The molecule has 1 unspecified atom stereocenters. The molecule has 0 heterocycles. The standard InChI is InChI=1S/C26H35Cl2NO6/c1-19(31)35-26-9-6-20(14-21(26)17-30)25(32)16-29-10-4-2-3-5-11-33-12-13-34-18-22-15-23(27)7-8-24(22)28/h6-9,14-15,25,29-30,32H,2-5,10-13,16-18H2,1H3. The molecule has 2 aromatic rings. The van der Waals surface area contributed by atoms with Crippen molar-refractivity contribution < 1.29 is 29.2 Å². The number of aliphatic hydroxyl groups excluding tert-OH is 2. The maximum absolute atomic E-state index is 11.1. The number of carbonyl (C=O) groups excluding carboxylic acids is 1. The molecule has 0 saturated carbocycles. The Kier molecular flexibility index (Phi) is 14.2. The minimum absolute atomic E-state index is 0.273. The van der Waals surface area contributed by atoms with E-state index >= 15 is 0 Å². The number of benzene rings is 2. The topological polar surface area (TPSA) is 97.3 Å². The summed E-state index contributed by atoms with van der Waals surface area (Å²) in [6.45, 7) is 4.39. The van der Waals surface area contributed by atoms with Gasteiger partial charge in [-0.1, -0.05) is 42.1 Å². The van der Waals surface area contributed by atoms with Gasteiger partial charge in [-0.25, -0.2) is 0 Å². The first-order valence-electron chi connectivity index (χ1n) is 11.8. The van der Waals surface area contributed by atoms with Crippen molar-refractivity contribution >= 4 is 29.2 Å². The minimum Gasteiger partial charge on any atom is -0.426 e. The lowest BCUT2D eigenvalue weighted by molar-refractivity contribution is -0.131. The molecule has 2 rings (SSSR count). The molecule has 0 aliphatic carbocycles. The summed E-state index contributed by atoms with van der Waals surface area (Å²) < 4.78 is 16.2. The zero-order valence-corrected chi connectivity index (χ0v) is 21.6. The Morgan fingerprint density at radius 3 is 2.51 bits per heavy atom. The molecule has 3 N–H and O–H groups in total. The Morgan fingerprint density at radius 2 is 1.74 bits per heavy atom. The summed E-state index contributed by atoms with van der Waals surface area (Å²) in [6, 6.07) is 10.3. The van der Waals surface area contributed by atoms with E-state index in [4.69, 9.17) is 37.4 Å². The summed E-state index contributed by atoms with van der Waals surface area (Å²) in [6.07, 6.45) is 3.42. The van der Waals surface area contributed by atoms with Crippen molar-refractivity contribution in [1.82, 2.24) is 5.32 Å². The molecule has 194 valence electrons. The van der Waals surface area contributed by atoms with E-state index in [9.17, 15) is 15.0 Å². The van der Waals surface area contributed by atoms with E-state index in [1.165, 1.54) is 6.92 Å². The van der Waals surface area contributed by atoms with Crippen LogP contribution in [0.4, 0.5) is 0 Å². The third-order valence-corrected chi connectivity index (χ3v) is 5.86. The molecule has 35 heavy (non-hydrogen) atoms. The largest absolute Gasteiger partial charge is 0.426 e. The highest BCUT2D eigenvalue weighted by molar-refractivity contribution is 6.33. The van der Waals surface area contributed by atoms with Gasteiger partial charge in [-0.15, -0.1) is 0 Å². The number of halogens is 2. The number of hydrogen-bond donors (Lipinski definition) is 3. The van der Waals surface area contributed by atoms with Crippen molar-refractivity contribution in [3.8, 4) is 5.75 Å². The van der Waals surface area contributed by atoms with Crippen LogP contribution in [0.3, 0.4) is 0 Å². The van der Waals surface area contributed by atoms with Gasteiger partial charge in [0, 0.05) is 35.7 Å². The SMILES string of the molecule is CC(=O)Oc1ccc(C(O)CNCCCCCCOCCOCc2cc(Cl)ccc2Cl)cc1CO. The lowest BCUT2D eigenvalue weighted by Gasteiger charge is -2.15. The van der Waals surface area contributed by atoms with E-state index in [0.29, 0.717) is 59.9 Å². The maximum atomic E-state index is 11.1. The molecule has 7 nitrogen and oxygen atoms in total. The molecule has 1 atom stereocenters. The van der Waals surface area contributed by atoms with Gasteiger partial charge in [-0.05, 0) is 60.8 Å². The van der Waals surface area contributed by atoms with Crippen molar-refractivity contribution in [3.63, 3.8) is 0 Å². The average molecular weight is 528 g/mol. The van der Waals surface area contributed by atoms with E-state index in [-0.39, 0.29) is 6.61 Å². The molecule has 0 bridgehead atoms. The molecule has 0 fully saturated rings. The van der Waals surface area contributed by atoms with E-state index in [1.54, 1.807) is 36.4 Å². The summed E-state index contributed by atoms with van der Waals surface area (Å²) in [7, 11) is 0. The predicted octanol–water partition coefficient (Wildman–Crippen LogP) is 4.83. The fourth-order valence-electron chi connectivity index (χ4n) is 3.40. The van der Waals surface area contributed by atoms with Crippen LogP contribution < -0.4 is 10.1 Å². The zero-order valence-electron chi connectivity index (χ0n) is 20.1. The Bertz CT molecular complexity index is 911. The van der Waals surface area contributed by atoms with Gasteiger partial charge in [0.2, 0.25) is 0 Å². The van der Waals surface area contributed by atoms with Gasteiger partial charge in [0.1, 0.15) is 5.75 Å². The molecule has 0 radical (unpaired) electrons. The molecule has 0 spiro atoms. The van der Waals surface area contributed by atoms with Crippen LogP contribution in [0, 0.1) is 0 Å². The normalized spacial score (nSPS) is 12.0. The van der Waals surface area contributed by atoms with Crippen LogP contribution in [-0.4, -0.2) is 49.1 Å². The first-order valence-corrected chi connectivity index (χ1v) is 12.6. The van der Waals surface area contributed by atoms with Gasteiger partial charge >= 0.3 is 5.97 Å². The van der Waals surface area contributed by atoms with Gasteiger partial charge in [0.15, 0.2) is 0 Å². The van der Waals surface area contributed by atoms with E-state index in [2.05, 4.69) is 5.32 Å². The predicted molar refractivity (Wildman–Crippen MR) is 137 cm³/mol. The van der Waals surface area contributed by atoms with Crippen LogP contribution in [0.2, 0.25) is 10.0 Å². The molecular formula is C26H35Cl2NO6. The molecule has 2 aromatic carbocycles. The lowest BCUT2D eigenvalue weighted by Crippen LogP contribution is -2.22. The highest BCUT2D eigenvalue weighted by Gasteiger charge is 2.12. The van der Waals surface area contributed by atoms with Gasteiger partial charge in [0.25, 0.3) is 0 Å². The van der Waals surface area contributed by atoms with Crippen LogP contribution in [-0.2, 0) is 27.5 Å².